The Morgan fingerprint density at radius 2 is 1.88 bits per heavy atom. The first-order valence-electron chi connectivity index (χ1n) is 4.14. The summed E-state index contributed by atoms with van der Waals surface area (Å²) in [4.78, 5) is 0. The van der Waals surface area contributed by atoms with Crippen molar-refractivity contribution >= 4 is 38.4 Å². The summed E-state index contributed by atoms with van der Waals surface area (Å²) in [5.74, 6) is 0.964. The van der Waals surface area contributed by atoms with Gasteiger partial charge in [0.1, 0.15) is 5.75 Å². The number of hydrogen-bond acceptors (Lipinski definition) is 5. The molecule has 0 aromatic heterocycles. The summed E-state index contributed by atoms with van der Waals surface area (Å²) in [5, 5.41) is 0. The first-order valence-corrected chi connectivity index (χ1v) is 7.21. The minimum absolute atomic E-state index is 0. The Morgan fingerprint density at radius 3 is 2.41 bits per heavy atom. The van der Waals surface area contributed by atoms with Crippen LogP contribution in [0, 0.1) is 0 Å². The molecule has 0 aliphatic carbocycles. The molecule has 0 amide bonds. The summed E-state index contributed by atoms with van der Waals surface area (Å²) in [6.07, 6.45) is 0. The molecule has 0 fully saturated rings. The van der Waals surface area contributed by atoms with Crippen molar-refractivity contribution in [1.82, 2.24) is 0 Å². The zero-order valence-electron chi connectivity index (χ0n) is 8.31. The second-order valence-corrected chi connectivity index (χ2v) is 5.58. The van der Waals surface area contributed by atoms with Crippen LogP contribution in [0.15, 0.2) is 28.7 Å². The average Bonchev–Trinajstić information content (AvgIpc) is 2.19. The van der Waals surface area contributed by atoms with Crippen LogP contribution in [0.4, 0.5) is 0 Å². The minimum Gasteiger partial charge on any atom is -0.493 e. The quantitative estimate of drug-likeness (QED) is 0.349. The Balaban J connectivity index is 0.00000256. The van der Waals surface area contributed by atoms with Gasteiger partial charge in [-0.25, -0.2) is 0 Å². The third-order valence-electron chi connectivity index (χ3n) is 1.38. The third-order valence-corrected chi connectivity index (χ3v) is 3.32. The Kier molecular flexibility index (Phi) is 8.44. The summed E-state index contributed by atoms with van der Waals surface area (Å²) < 4.78 is 38.9. The molecule has 9 heteroatoms. The normalized spacial score (nSPS) is 10.7. The number of halogens is 1. The Bertz CT molecular complexity index is 422. The molecule has 0 heterocycles. The maximum atomic E-state index is 10.2. The molecule has 0 unspecified atom stereocenters. The predicted octanol–water partition coefficient (Wildman–Crippen LogP) is 2.29. The summed E-state index contributed by atoms with van der Waals surface area (Å²) in [7, 11) is -4.37. The molecule has 17 heavy (non-hydrogen) atoms. The van der Waals surface area contributed by atoms with Crippen LogP contribution in [0.5, 0.6) is 5.75 Å². The Labute approximate surface area is 122 Å². The molecule has 0 aliphatic heterocycles. The molecule has 1 N–H and O–H groups in total. The summed E-state index contributed by atoms with van der Waals surface area (Å²) >= 11 is 3.90. The molecule has 0 spiro atoms. The Morgan fingerprint density at radius 1 is 1.29 bits per heavy atom. The van der Waals surface area contributed by atoms with Gasteiger partial charge in [-0.05, 0) is 24.3 Å². The van der Waals surface area contributed by atoms with Gasteiger partial charge in [0.25, 0.3) is 0 Å². The standard InChI is InChI=1S/C8H9BrO5S2.Ni/c9-7-1-3-8(4-2-7)13-5-6-15-14-16(10,11)12;/h1-4H,5-6H2,(H,10,11,12);. The molecule has 0 atom stereocenters. The van der Waals surface area contributed by atoms with Crippen LogP contribution in [0.3, 0.4) is 0 Å². The van der Waals surface area contributed by atoms with Crippen molar-refractivity contribution < 1.29 is 37.8 Å². The van der Waals surface area contributed by atoms with Crippen LogP contribution < -0.4 is 4.74 Å². The van der Waals surface area contributed by atoms with Gasteiger partial charge in [-0.15, -0.1) is 0 Å². The van der Waals surface area contributed by atoms with Crippen molar-refractivity contribution in [1.29, 1.82) is 0 Å². The van der Waals surface area contributed by atoms with Crippen molar-refractivity contribution in [3.63, 3.8) is 0 Å². The first kappa shape index (κ1) is 17.2. The summed E-state index contributed by atoms with van der Waals surface area (Å²) in [5.41, 5.74) is 0. The van der Waals surface area contributed by atoms with Gasteiger partial charge < -0.3 is 4.74 Å². The van der Waals surface area contributed by atoms with E-state index in [0.717, 1.165) is 4.47 Å². The van der Waals surface area contributed by atoms with Gasteiger partial charge in [-0.3, -0.25) is 4.55 Å². The van der Waals surface area contributed by atoms with E-state index in [-0.39, 0.29) is 28.9 Å². The molecule has 1 aromatic rings. The topological polar surface area (TPSA) is 72.8 Å². The van der Waals surface area contributed by atoms with Crippen molar-refractivity contribution in [2.24, 2.45) is 0 Å². The maximum Gasteiger partial charge on any atom is 0.408 e. The summed E-state index contributed by atoms with van der Waals surface area (Å²) in [6, 6.07) is 7.21. The molecular formula is C8H9BrNiO5S2. The van der Waals surface area contributed by atoms with Crippen LogP contribution in [-0.4, -0.2) is 25.3 Å². The van der Waals surface area contributed by atoms with E-state index >= 15 is 0 Å². The zero-order chi connectivity index (χ0) is 12.0. The van der Waals surface area contributed by atoms with Crippen LogP contribution >= 0.6 is 28.0 Å². The van der Waals surface area contributed by atoms with E-state index in [2.05, 4.69) is 19.6 Å². The monoisotopic (exact) mass is 386 g/mol. The van der Waals surface area contributed by atoms with Crippen LogP contribution in [0.1, 0.15) is 0 Å². The molecule has 0 radical (unpaired) electrons. The van der Waals surface area contributed by atoms with Crippen molar-refractivity contribution in [2.45, 2.75) is 0 Å². The van der Waals surface area contributed by atoms with E-state index in [1.807, 2.05) is 12.1 Å². The van der Waals surface area contributed by atoms with Crippen LogP contribution in [-0.2, 0) is 30.5 Å². The number of ether oxygens (including phenoxy) is 1. The number of hydrogen-bond donors (Lipinski definition) is 1. The van der Waals surface area contributed by atoms with Gasteiger partial charge in [0, 0.05) is 33.0 Å². The predicted molar refractivity (Wildman–Crippen MR) is 64.7 cm³/mol. The molecule has 1 aromatic carbocycles. The molecule has 0 saturated carbocycles. The van der Waals surface area contributed by atoms with E-state index in [4.69, 9.17) is 9.29 Å². The molecular weight excluding hydrogens is 379 g/mol. The zero-order valence-corrected chi connectivity index (χ0v) is 12.5. The van der Waals surface area contributed by atoms with E-state index in [9.17, 15) is 8.42 Å². The van der Waals surface area contributed by atoms with Gasteiger partial charge >= 0.3 is 10.4 Å². The first-order chi connectivity index (χ1) is 7.47. The Hall–Kier alpha value is 0.214. The second-order valence-electron chi connectivity index (χ2n) is 2.62. The minimum atomic E-state index is -4.37. The number of rotatable bonds is 6. The molecule has 0 aliphatic rings. The van der Waals surface area contributed by atoms with Gasteiger partial charge in [-0.2, -0.15) is 12.0 Å². The van der Waals surface area contributed by atoms with E-state index in [0.29, 0.717) is 17.8 Å². The molecule has 1 rings (SSSR count). The van der Waals surface area contributed by atoms with E-state index in [1.165, 1.54) is 0 Å². The van der Waals surface area contributed by atoms with E-state index in [1.54, 1.807) is 12.1 Å². The average molecular weight is 388 g/mol. The fourth-order valence-corrected chi connectivity index (χ4v) is 1.99. The van der Waals surface area contributed by atoms with Crippen LogP contribution in [0.25, 0.3) is 0 Å². The van der Waals surface area contributed by atoms with Gasteiger partial charge in [0.05, 0.1) is 12.4 Å². The van der Waals surface area contributed by atoms with E-state index < -0.39 is 10.4 Å². The van der Waals surface area contributed by atoms with Crippen molar-refractivity contribution in [2.75, 3.05) is 12.4 Å². The molecule has 100 valence electrons. The summed E-state index contributed by atoms with van der Waals surface area (Å²) in [6.45, 7) is 0.280. The fourth-order valence-electron chi connectivity index (χ4n) is 0.819. The molecule has 0 saturated heterocycles. The number of benzene rings is 1. The van der Waals surface area contributed by atoms with Crippen molar-refractivity contribution in [3.8, 4) is 5.75 Å². The second kappa shape index (κ2) is 8.34. The largest absolute Gasteiger partial charge is 0.493 e. The smallest absolute Gasteiger partial charge is 0.408 e. The maximum absolute atomic E-state index is 10.2. The van der Waals surface area contributed by atoms with Crippen LogP contribution in [0.2, 0.25) is 0 Å². The fraction of sp³-hybridized carbons (Fsp3) is 0.250. The SMILES string of the molecule is O=S(=O)(O)OSCCOc1ccc(Br)cc1.[Ni]. The van der Waals surface area contributed by atoms with Gasteiger partial charge in [-0.1, -0.05) is 15.9 Å². The van der Waals surface area contributed by atoms with Gasteiger partial charge in [0.2, 0.25) is 0 Å². The molecule has 5 nitrogen and oxygen atoms in total. The molecule has 0 bridgehead atoms. The van der Waals surface area contributed by atoms with Crippen molar-refractivity contribution in [3.05, 3.63) is 28.7 Å². The third kappa shape index (κ3) is 8.87. The van der Waals surface area contributed by atoms with Gasteiger partial charge in [0.15, 0.2) is 0 Å².